The second kappa shape index (κ2) is 10.1. The van der Waals surface area contributed by atoms with Gasteiger partial charge in [0.05, 0.1) is 20.1 Å². The summed E-state index contributed by atoms with van der Waals surface area (Å²) >= 11 is 0. The molecule has 2 aromatic carbocycles. The van der Waals surface area contributed by atoms with Gasteiger partial charge >= 0.3 is 0 Å². The van der Waals surface area contributed by atoms with Gasteiger partial charge in [-0.15, -0.1) is 0 Å². The van der Waals surface area contributed by atoms with E-state index in [0.29, 0.717) is 30.3 Å². The fraction of sp³-hybridized carbons (Fsp3) is 0.462. The fourth-order valence-electron chi connectivity index (χ4n) is 5.02. The van der Waals surface area contributed by atoms with Crippen molar-refractivity contribution in [3.8, 4) is 11.5 Å². The number of hydrogen-bond acceptors (Lipinski definition) is 4. The molecule has 2 aliphatic rings. The summed E-state index contributed by atoms with van der Waals surface area (Å²) in [5.41, 5.74) is 1.84. The number of likely N-dealkylation sites (tertiary alicyclic amines) is 1. The molecule has 6 nitrogen and oxygen atoms in total. The molecule has 170 valence electrons. The maximum atomic E-state index is 13.3. The molecule has 2 amide bonds. The zero-order valence-corrected chi connectivity index (χ0v) is 18.9. The van der Waals surface area contributed by atoms with Crippen molar-refractivity contribution in [2.75, 3.05) is 32.6 Å². The van der Waals surface area contributed by atoms with Gasteiger partial charge in [-0.25, -0.2) is 0 Å². The monoisotopic (exact) mass is 436 g/mol. The largest absolute Gasteiger partial charge is 0.493 e. The van der Waals surface area contributed by atoms with Crippen LogP contribution in [0.25, 0.3) is 0 Å². The average Bonchev–Trinajstić information content (AvgIpc) is 3.38. The number of nitrogens with zero attached hydrogens (tertiary/aromatic N) is 1. The number of piperidine rings is 1. The van der Waals surface area contributed by atoms with Crippen LogP contribution in [-0.2, 0) is 9.59 Å². The van der Waals surface area contributed by atoms with E-state index in [4.69, 9.17) is 9.47 Å². The van der Waals surface area contributed by atoms with Crippen LogP contribution in [0.15, 0.2) is 48.5 Å². The molecule has 0 aromatic heterocycles. The van der Waals surface area contributed by atoms with Crippen LogP contribution < -0.4 is 14.8 Å². The van der Waals surface area contributed by atoms with Gasteiger partial charge in [0.15, 0.2) is 11.5 Å². The van der Waals surface area contributed by atoms with Crippen molar-refractivity contribution in [1.29, 1.82) is 0 Å². The topological polar surface area (TPSA) is 67.9 Å². The smallest absolute Gasteiger partial charge is 0.229 e. The van der Waals surface area contributed by atoms with E-state index >= 15 is 0 Å². The molecule has 32 heavy (non-hydrogen) atoms. The third kappa shape index (κ3) is 4.90. The number of rotatable bonds is 6. The number of nitrogens with one attached hydrogen (secondary N) is 1. The lowest BCUT2D eigenvalue weighted by Crippen LogP contribution is -2.48. The Morgan fingerprint density at radius 3 is 2.31 bits per heavy atom. The molecule has 1 saturated carbocycles. The molecule has 1 aliphatic heterocycles. The molecule has 0 radical (unpaired) electrons. The van der Waals surface area contributed by atoms with E-state index in [2.05, 4.69) is 17.4 Å². The van der Waals surface area contributed by atoms with Gasteiger partial charge in [-0.1, -0.05) is 43.2 Å². The quantitative estimate of drug-likeness (QED) is 0.726. The van der Waals surface area contributed by atoms with Gasteiger partial charge in [-0.05, 0) is 37.0 Å². The van der Waals surface area contributed by atoms with Crippen molar-refractivity contribution in [1.82, 2.24) is 4.90 Å². The Hall–Kier alpha value is -3.02. The normalized spacial score (nSPS) is 21.2. The standard InChI is InChI=1S/C26H32N2O4/c1-31-23-13-12-22(15-24(23)32-2)27-25(29)21-14-20(18-8-4-3-5-9-18)16-28(17-21)26(30)19-10-6-7-11-19/h3-5,8-9,12-13,15,19-21H,6-7,10-11,14,16-17H2,1-2H3,(H,27,29). The van der Waals surface area contributed by atoms with Crippen LogP contribution in [-0.4, -0.2) is 44.0 Å². The van der Waals surface area contributed by atoms with Crippen LogP contribution in [0.4, 0.5) is 5.69 Å². The first-order valence-electron chi connectivity index (χ1n) is 11.5. The molecule has 1 heterocycles. The number of benzene rings is 2. The molecule has 1 aliphatic carbocycles. The van der Waals surface area contributed by atoms with E-state index in [1.807, 2.05) is 23.1 Å². The van der Waals surface area contributed by atoms with Crippen LogP contribution >= 0.6 is 0 Å². The van der Waals surface area contributed by atoms with Crippen LogP contribution in [0.2, 0.25) is 0 Å². The molecule has 1 N–H and O–H groups in total. The third-order valence-corrected chi connectivity index (χ3v) is 6.76. The summed E-state index contributed by atoms with van der Waals surface area (Å²) < 4.78 is 10.6. The average molecular weight is 437 g/mol. The minimum atomic E-state index is -0.271. The Bertz CT molecular complexity index is 940. The second-order valence-electron chi connectivity index (χ2n) is 8.82. The van der Waals surface area contributed by atoms with Crippen LogP contribution in [0.5, 0.6) is 11.5 Å². The summed E-state index contributed by atoms with van der Waals surface area (Å²) in [6.07, 6.45) is 4.89. The highest BCUT2D eigenvalue weighted by Crippen LogP contribution is 2.35. The number of carbonyl (C=O) groups is 2. The van der Waals surface area contributed by atoms with Crippen molar-refractivity contribution < 1.29 is 19.1 Å². The highest BCUT2D eigenvalue weighted by molar-refractivity contribution is 5.93. The van der Waals surface area contributed by atoms with E-state index in [1.165, 1.54) is 5.56 Å². The van der Waals surface area contributed by atoms with Gasteiger partial charge in [-0.3, -0.25) is 9.59 Å². The summed E-state index contributed by atoms with van der Waals surface area (Å²) in [6, 6.07) is 15.6. The molecule has 0 spiro atoms. The van der Waals surface area contributed by atoms with Gasteiger partial charge in [0, 0.05) is 36.7 Å². The molecule has 6 heteroatoms. The number of carbonyl (C=O) groups excluding carboxylic acids is 2. The van der Waals surface area contributed by atoms with Crippen molar-refractivity contribution in [3.05, 3.63) is 54.1 Å². The van der Waals surface area contributed by atoms with Gasteiger partial charge in [-0.2, -0.15) is 0 Å². The lowest BCUT2D eigenvalue weighted by atomic mass is 9.83. The predicted molar refractivity (Wildman–Crippen MR) is 124 cm³/mol. The van der Waals surface area contributed by atoms with Gasteiger partial charge < -0.3 is 19.7 Å². The molecular formula is C26H32N2O4. The summed E-state index contributed by atoms with van der Waals surface area (Å²) in [7, 11) is 3.15. The molecular weight excluding hydrogens is 404 g/mol. The molecule has 2 aromatic rings. The van der Waals surface area contributed by atoms with E-state index < -0.39 is 0 Å². The lowest BCUT2D eigenvalue weighted by Gasteiger charge is -2.38. The minimum Gasteiger partial charge on any atom is -0.493 e. The maximum Gasteiger partial charge on any atom is 0.229 e. The van der Waals surface area contributed by atoms with Crippen LogP contribution in [0.1, 0.15) is 43.6 Å². The number of hydrogen-bond donors (Lipinski definition) is 1. The Kier molecular flexibility index (Phi) is 6.98. The summed E-state index contributed by atoms with van der Waals surface area (Å²) in [5, 5.41) is 3.03. The summed E-state index contributed by atoms with van der Waals surface area (Å²) in [4.78, 5) is 28.4. The Labute approximate surface area is 189 Å². The molecule has 1 saturated heterocycles. The fourth-order valence-corrected chi connectivity index (χ4v) is 5.02. The molecule has 4 rings (SSSR count). The van der Waals surface area contributed by atoms with Crippen LogP contribution in [0.3, 0.4) is 0 Å². The molecule has 0 bridgehead atoms. The van der Waals surface area contributed by atoms with Gasteiger partial charge in [0.1, 0.15) is 0 Å². The highest BCUT2D eigenvalue weighted by Gasteiger charge is 2.37. The maximum absolute atomic E-state index is 13.3. The van der Waals surface area contributed by atoms with E-state index in [-0.39, 0.29) is 29.6 Å². The van der Waals surface area contributed by atoms with Gasteiger partial charge in [0.25, 0.3) is 0 Å². The molecule has 2 unspecified atom stereocenters. The van der Waals surface area contributed by atoms with Crippen molar-refractivity contribution in [2.24, 2.45) is 11.8 Å². The van der Waals surface area contributed by atoms with E-state index in [9.17, 15) is 9.59 Å². The zero-order valence-electron chi connectivity index (χ0n) is 18.9. The first-order valence-corrected chi connectivity index (χ1v) is 11.5. The van der Waals surface area contributed by atoms with Crippen LogP contribution in [0, 0.1) is 11.8 Å². The minimum absolute atomic E-state index is 0.0675. The van der Waals surface area contributed by atoms with E-state index in [1.54, 1.807) is 32.4 Å². The van der Waals surface area contributed by atoms with Crippen molar-refractivity contribution in [2.45, 2.75) is 38.0 Å². The first kappa shape index (κ1) is 22.2. The first-order chi connectivity index (χ1) is 15.6. The SMILES string of the molecule is COc1ccc(NC(=O)C2CC(c3ccccc3)CN(C(=O)C3CCCC3)C2)cc1OC. The lowest BCUT2D eigenvalue weighted by molar-refractivity contribution is -0.138. The summed E-state index contributed by atoms with van der Waals surface area (Å²) in [6.45, 7) is 1.15. The Morgan fingerprint density at radius 1 is 0.906 bits per heavy atom. The number of ether oxygens (including phenoxy) is 2. The zero-order chi connectivity index (χ0) is 22.5. The second-order valence-corrected chi connectivity index (χ2v) is 8.82. The Morgan fingerprint density at radius 2 is 1.62 bits per heavy atom. The predicted octanol–water partition coefficient (Wildman–Crippen LogP) is 4.46. The number of methoxy groups -OCH3 is 2. The van der Waals surface area contributed by atoms with Crippen molar-refractivity contribution in [3.63, 3.8) is 0 Å². The Balaban J connectivity index is 1.52. The number of anilines is 1. The molecule has 2 fully saturated rings. The van der Waals surface area contributed by atoms with Gasteiger partial charge in [0.2, 0.25) is 11.8 Å². The third-order valence-electron chi connectivity index (χ3n) is 6.76. The van der Waals surface area contributed by atoms with E-state index in [0.717, 1.165) is 32.1 Å². The van der Waals surface area contributed by atoms with Crippen molar-refractivity contribution >= 4 is 17.5 Å². The number of amides is 2. The molecule has 2 atom stereocenters. The highest BCUT2D eigenvalue weighted by atomic mass is 16.5. The summed E-state index contributed by atoms with van der Waals surface area (Å²) in [5.74, 6) is 1.31.